The van der Waals surface area contributed by atoms with Crippen LogP contribution in [-0.4, -0.2) is 17.7 Å². The molecule has 0 spiro atoms. The predicted molar refractivity (Wildman–Crippen MR) is 108 cm³/mol. The van der Waals surface area contributed by atoms with Crippen molar-refractivity contribution in [3.63, 3.8) is 0 Å². The van der Waals surface area contributed by atoms with Gasteiger partial charge in [0.15, 0.2) is 0 Å². The summed E-state index contributed by atoms with van der Waals surface area (Å²) in [5.74, 6) is 0.102. The van der Waals surface area contributed by atoms with E-state index >= 15 is 0 Å². The number of carbonyl (C=O) groups excluding carboxylic acids is 1. The molecule has 0 radical (unpaired) electrons. The minimum atomic E-state index is -2.15. The van der Waals surface area contributed by atoms with Crippen LogP contribution in [0, 0.1) is 0 Å². The summed E-state index contributed by atoms with van der Waals surface area (Å²) in [5.41, 5.74) is 0. The SMILES string of the molecule is O=C1NCCC1=P(c1ccccc1)(c1ccccc1)c1ccccc1. The van der Waals surface area contributed by atoms with Crippen molar-refractivity contribution in [1.29, 1.82) is 0 Å². The van der Waals surface area contributed by atoms with Gasteiger partial charge in [-0.3, -0.25) is 4.79 Å². The molecule has 3 aromatic carbocycles. The monoisotopic (exact) mass is 345 g/mol. The molecule has 1 amide bonds. The van der Waals surface area contributed by atoms with Crippen LogP contribution in [0.2, 0.25) is 0 Å². The highest BCUT2D eigenvalue weighted by atomic mass is 31.2. The van der Waals surface area contributed by atoms with Crippen molar-refractivity contribution in [3.05, 3.63) is 91.0 Å². The van der Waals surface area contributed by atoms with E-state index in [4.69, 9.17) is 0 Å². The summed E-state index contributed by atoms with van der Waals surface area (Å²) in [6, 6.07) is 31.6. The van der Waals surface area contributed by atoms with Gasteiger partial charge in [0.25, 0.3) is 0 Å². The van der Waals surface area contributed by atoms with Crippen LogP contribution in [0.4, 0.5) is 0 Å². The van der Waals surface area contributed by atoms with Crippen LogP contribution in [0.15, 0.2) is 91.0 Å². The van der Waals surface area contributed by atoms with Gasteiger partial charge in [-0.1, -0.05) is 91.0 Å². The van der Waals surface area contributed by atoms with Gasteiger partial charge in [-0.15, -0.1) is 0 Å². The summed E-state index contributed by atoms with van der Waals surface area (Å²) in [6.45, 7) is -1.43. The Kier molecular flexibility index (Phi) is 4.29. The van der Waals surface area contributed by atoms with Gasteiger partial charge < -0.3 is 5.32 Å². The molecule has 3 aromatic rings. The molecule has 4 rings (SSSR count). The first-order valence-electron chi connectivity index (χ1n) is 8.54. The van der Waals surface area contributed by atoms with Crippen molar-refractivity contribution in [1.82, 2.24) is 5.32 Å². The van der Waals surface area contributed by atoms with Gasteiger partial charge in [-0.2, -0.15) is 0 Å². The van der Waals surface area contributed by atoms with Crippen LogP contribution in [0.25, 0.3) is 0 Å². The molecule has 1 fully saturated rings. The zero-order chi connectivity index (χ0) is 17.1. The van der Waals surface area contributed by atoms with Crippen molar-refractivity contribution in [2.75, 3.05) is 6.54 Å². The van der Waals surface area contributed by atoms with E-state index in [9.17, 15) is 4.79 Å². The van der Waals surface area contributed by atoms with Gasteiger partial charge in [0.1, 0.15) is 0 Å². The molecule has 0 aromatic heterocycles. The Bertz CT molecular complexity index is 830. The molecule has 1 heterocycles. The zero-order valence-electron chi connectivity index (χ0n) is 13.9. The Morgan fingerprint density at radius 2 is 1.04 bits per heavy atom. The normalized spacial score (nSPS) is 14.4. The smallest absolute Gasteiger partial charge is 0.248 e. The third kappa shape index (κ3) is 2.63. The lowest BCUT2D eigenvalue weighted by Gasteiger charge is -2.30. The van der Waals surface area contributed by atoms with Gasteiger partial charge in [-0.25, -0.2) is 0 Å². The van der Waals surface area contributed by atoms with E-state index in [1.807, 2.05) is 18.2 Å². The van der Waals surface area contributed by atoms with E-state index in [2.05, 4.69) is 78.1 Å². The number of hydrogen-bond donors (Lipinski definition) is 1. The fraction of sp³-hybridized carbons (Fsp3) is 0.0909. The van der Waals surface area contributed by atoms with Gasteiger partial charge in [0.05, 0.1) is 0 Å². The molecule has 0 aliphatic carbocycles. The second-order valence-electron chi connectivity index (χ2n) is 6.13. The van der Waals surface area contributed by atoms with Crippen molar-refractivity contribution in [2.24, 2.45) is 0 Å². The minimum absolute atomic E-state index is 0.102. The Hall–Kier alpha value is -2.57. The topological polar surface area (TPSA) is 29.1 Å². The molecule has 0 atom stereocenters. The van der Waals surface area contributed by atoms with E-state index in [0.29, 0.717) is 0 Å². The summed E-state index contributed by atoms with van der Waals surface area (Å²) in [7, 11) is 0. The fourth-order valence-corrected chi connectivity index (χ4v) is 8.22. The van der Waals surface area contributed by atoms with Crippen molar-refractivity contribution < 1.29 is 4.79 Å². The van der Waals surface area contributed by atoms with Gasteiger partial charge in [0.2, 0.25) is 5.91 Å². The first-order chi connectivity index (χ1) is 12.3. The Morgan fingerprint density at radius 3 is 1.36 bits per heavy atom. The summed E-state index contributed by atoms with van der Waals surface area (Å²) >= 11 is 0. The fourth-order valence-electron chi connectivity index (χ4n) is 3.70. The van der Waals surface area contributed by atoms with Crippen LogP contribution in [0.1, 0.15) is 6.42 Å². The minimum Gasteiger partial charge on any atom is -0.352 e. The predicted octanol–water partition coefficient (Wildman–Crippen LogP) is 2.67. The summed E-state index contributed by atoms with van der Waals surface area (Å²) in [5, 5.41) is 7.77. The highest BCUT2D eigenvalue weighted by Crippen LogP contribution is 2.47. The maximum Gasteiger partial charge on any atom is 0.248 e. The van der Waals surface area contributed by atoms with E-state index < -0.39 is 6.89 Å². The molecular weight excluding hydrogens is 325 g/mol. The molecular formula is C22H20NOP. The molecule has 3 heteroatoms. The van der Waals surface area contributed by atoms with Crippen LogP contribution < -0.4 is 21.2 Å². The van der Waals surface area contributed by atoms with Gasteiger partial charge in [-0.05, 0) is 29.2 Å². The zero-order valence-corrected chi connectivity index (χ0v) is 14.8. The number of amides is 1. The molecule has 25 heavy (non-hydrogen) atoms. The van der Waals surface area contributed by atoms with Crippen molar-refractivity contribution in [3.8, 4) is 0 Å². The summed E-state index contributed by atoms with van der Waals surface area (Å²) < 4.78 is 0. The van der Waals surface area contributed by atoms with Crippen LogP contribution >= 0.6 is 6.89 Å². The molecule has 1 aliphatic heterocycles. The summed E-state index contributed by atoms with van der Waals surface area (Å²) in [4.78, 5) is 12.8. The lowest BCUT2D eigenvalue weighted by Crippen LogP contribution is -2.33. The number of rotatable bonds is 3. The first-order valence-corrected chi connectivity index (χ1v) is 10.3. The lowest BCUT2D eigenvalue weighted by atomic mass is 10.3. The van der Waals surface area contributed by atoms with Crippen LogP contribution in [-0.2, 0) is 4.79 Å². The maximum absolute atomic E-state index is 12.8. The van der Waals surface area contributed by atoms with E-state index in [1.165, 1.54) is 15.9 Å². The number of hydrogen-bond acceptors (Lipinski definition) is 1. The Morgan fingerprint density at radius 1 is 0.640 bits per heavy atom. The third-order valence-electron chi connectivity index (χ3n) is 4.74. The molecule has 124 valence electrons. The summed E-state index contributed by atoms with van der Waals surface area (Å²) in [6.07, 6.45) is 0.797. The van der Waals surface area contributed by atoms with Gasteiger partial charge >= 0.3 is 0 Å². The maximum atomic E-state index is 12.8. The van der Waals surface area contributed by atoms with Crippen LogP contribution in [0.5, 0.6) is 0 Å². The Balaban J connectivity index is 2.20. The van der Waals surface area contributed by atoms with Gasteiger partial charge in [0, 0.05) is 11.8 Å². The highest BCUT2D eigenvalue weighted by Gasteiger charge is 2.34. The number of carbonyl (C=O) groups is 1. The molecule has 1 aliphatic rings. The van der Waals surface area contributed by atoms with Crippen molar-refractivity contribution in [2.45, 2.75) is 6.42 Å². The quantitative estimate of drug-likeness (QED) is 0.727. The average Bonchev–Trinajstić information content (AvgIpc) is 3.12. The lowest BCUT2D eigenvalue weighted by molar-refractivity contribution is -0.113. The molecule has 0 bridgehead atoms. The number of benzene rings is 3. The Labute approximate surface area is 148 Å². The van der Waals surface area contributed by atoms with Crippen molar-refractivity contribution >= 4 is 34.0 Å². The molecule has 1 N–H and O–H groups in total. The average molecular weight is 345 g/mol. The highest BCUT2D eigenvalue weighted by molar-refractivity contribution is 7.96. The molecule has 0 saturated carbocycles. The second kappa shape index (κ2) is 6.74. The van der Waals surface area contributed by atoms with Crippen LogP contribution in [0.3, 0.4) is 0 Å². The van der Waals surface area contributed by atoms with E-state index in [1.54, 1.807) is 0 Å². The first kappa shape index (κ1) is 15.9. The second-order valence-corrected chi connectivity index (χ2v) is 9.56. The van der Waals surface area contributed by atoms with E-state index in [-0.39, 0.29) is 5.91 Å². The third-order valence-corrected chi connectivity index (χ3v) is 9.20. The largest absolute Gasteiger partial charge is 0.352 e. The molecule has 1 saturated heterocycles. The number of nitrogens with one attached hydrogen (secondary N) is 1. The molecule has 2 nitrogen and oxygen atoms in total. The van der Waals surface area contributed by atoms with E-state index in [0.717, 1.165) is 18.3 Å². The standard InChI is InChI=1S/C22H20NOP/c24-22-21(16-17-23-22)25(18-10-4-1-5-11-18,19-12-6-2-7-13-19)20-14-8-3-9-15-20/h1-15H,16-17H2,(H,23,24). The molecule has 0 unspecified atom stereocenters.